The Balaban J connectivity index is 1.47. The van der Waals surface area contributed by atoms with E-state index in [1.165, 1.54) is 0 Å². The van der Waals surface area contributed by atoms with Crippen LogP contribution in [0, 0.1) is 6.92 Å². The van der Waals surface area contributed by atoms with E-state index in [2.05, 4.69) is 11.1 Å². The van der Waals surface area contributed by atoms with Gasteiger partial charge in [-0.25, -0.2) is 9.97 Å². The molecule has 174 valence electrons. The van der Waals surface area contributed by atoms with E-state index in [1.807, 2.05) is 48.3 Å². The van der Waals surface area contributed by atoms with E-state index < -0.39 is 0 Å². The van der Waals surface area contributed by atoms with Crippen LogP contribution >= 0.6 is 11.3 Å². The highest BCUT2D eigenvalue weighted by Gasteiger charge is 2.25. The summed E-state index contributed by atoms with van der Waals surface area (Å²) in [5.41, 5.74) is 2.63. The van der Waals surface area contributed by atoms with Crippen molar-refractivity contribution in [2.24, 2.45) is 0 Å². The maximum Gasteiger partial charge on any atom is 0.231 e. The number of rotatable bonds is 7. The molecule has 2 aliphatic rings. The Morgan fingerprint density at radius 3 is 2.70 bits per heavy atom. The number of nitrogens with zero attached hydrogens (tertiary/aromatic N) is 4. The number of pyridine rings is 1. The number of benzene rings is 1. The van der Waals surface area contributed by atoms with Gasteiger partial charge in [0.2, 0.25) is 12.7 Å². The van der Waals surface area contributed by atoms with Crippen LogP contribution in [0.3, 0.4) is 0 Å². The number of anilines is 1. The summed E-state index contributed by atoms with van der Waals surface area (Å²) in [6.07, 6.45) is 2.36. The molecule has 0 saturated carbocycles. The summed E-state index contributed by atoms with van der Waals surface area (Å²) in [7, 11) is 3.93. The minimum atomic E-state index is 0.0475. The molecule has 0 bridgehead atoms. The second-order valence-electron chi connectivity index (χ2n) is 8.71. The van der Waals surface area contributed by atoms with Gasteiger partial charge in [-0.1, -0.05) is 0 Å². The van der Waals surface area contributed by atoms with E-state index in [-0.39, 0.29) is 25.2 Å². The molecule has 1 amide bonds. The van der Waals surface area contributed by atoms with Gasteiger partial charge in [0.15, 0.2) is 11.5 Å². The number of fused-ring (bicyclic) bond motifs is 2. The van der Waals surface area contributed by atoms with E-state index in [0.717, 1.165) is 58.2 Å². The van der Waals surface area contributed by atoms with Crippen molar-refractivity contribution in [1.82, 2.24) is 14.9 Å². The van der Waals surface area contributed by atoms with Gasteiger partial charge in [0.05, 0.1) is 28.7 Å². The highest BCUT2D eigenvalue weighted by molar-refractivity contribution is 7.09. The van der Waals surface area contributed by atoms with Crippen LogP contribution in [0.4, 0.5) is 5.82 Å². The van der Waals surface area contributed by atoms with Crippen molar-refractivity contribution in [3.63, 3.8) is 0 Å². The first-order valence-corrected chi connectivity index (χ1v) is 12.0. The van der Waals surface area contributed by atoms with Crippen LogP contribution < -0.4 is 14.4 Å². The van der Waals surface area contributed by atoms with Crippen LogP contribution in [0.5, 0.6) is 11.5 Å². The number of thiazole rings is 1. The summed E-state index contributed by atoms with van der Waals surface area (Å²) in [5.74, 6) is 2.31. The Labute approximate surface area is 197 Å². The average Bonchev–Trinajstić information content (AvgIpc) is 3.53. The zero-order valence-corrected chi connectivity index (χ0v) is 20.0. The van der Waals surface area contributed by atoms with E-state index in [1.54, 1.807) is 11.3 Å². The number of ether oxygens (including phenoxy) is 3. The number of carbonyl (C=O) groups excluding carboxylic acids is 1. The number of aromatic nitrogens is 2. The van der Waals surface area contributed by atoms with Crippen LogP contribution in [-0.4, -0.2) is 60.9 Å². The fourth-order valence-corrected chi connectivity index (χ4v) is 4.96. The summed E-state index contributed by atoms with van der Waals surface area (Å²) in [6, 6.07) is 5.97. The minimum absolute atomic E-state index is 0.0475. The van der Waals surface area contributed by atoms with Gasteiger partial charge in [-0.05, 0) is 31.9 Å². The van der Waals surface area contributed by atoms with Crippen molar-refractivity contribution in [3.8, 4) is 11.5 Å². The zero-order valence-electron chi connectivity index (χ0n) is 19.2. The third kappa shape index (κ3) is 4.74. The summed E-state index contributed by atoms with van der Waals surface area (Å²) < 4.78 is 16.9. The number of aryl methyl sites for hydroxylation is 1. The fraction of sp³-hybridized carbons (Fsp3) is 0.458. The van der Waals surface area contributed by atoms with Crippen molar-refractivity contribution in [2.75, 3.05) is 38.9 Å². The summed E-state index contributed by atoms with van der Waals surface area (Å²) in [6.45, 7) is 3.95. The molecular formula is C24H28N4O4S. The Hall–Kier alpha value is -2.91. The first-order valence-electron chi connectivity index (χ1n) is 11.2. The van der Waals surface area contributed by atoms with Crippen LogP contribution in [0.15, 0.2) is 23.6 Å². The molecule has 3 aromatic rings. The number of hydrogen-bond donors (Lipinski definition) is 0. The lowest BCUT2D eigenvalue weighted by molar-refractivity contribution is -0.132. The molecule has 1 aromatic carbocycles. The van der Waals surface area contributed by atoms with Gasteiger partial charge in [0.25, 0.3) is 0 Å². The highest BCUT2D eigenvalue weighted by Crippen LogP contribution is 2.37. The Bertz CT molecular complexity index is 1170. The monoisotopic (exact) mass is 468 g/mol. The van der Waals surface area contributed by atoms with Crippen LogP contribution in [0.25, 0.3) is 10.9 Å². The van der Waals surface area contributed by atoms with Crippen molar-refractivity contribution >= 4 is 34.0 Å². The number of carbonyl (C=O) groups is 1. The molecule has 0 spiro atoms. The maximum atomic E-state index is 13.4. The molecular weight excluding hydrogens is 440 g/mol. The summed E-state index contributed by atoms with van der Waals surface area (Å²) >= 11 is 1.57. The second kappa shape index (κ2) is 9.15. The second-order valence-corrected chi connectivity index (χ2v) is 9.77. The van der Waals surface area contributed by atoms with Crippen molar-refractivity contribution in [3.05, 3.63) is 39.8 Å². The van der Waals surface area contributed by atoms with E-state index in [0.29, 0.717) is 18.8 Å². The predicted molar refractivity (Wildman–Crippen MR) is 127 cm³/mol. The fourth-order valence-electron chi connectivity index (χ4n) is 4.35. The third-order valence-corrected chi connectivity index (χ3v) is 6.77. The van der Waals surface area contributed by atoms with E-state index in [4.69, 9.17) is 19.2 Å². The molecule has 5 rings (SSSR count). The average molecular weight is 469 g/mol. The van der Waals surface area contributed by atoms with E-state index in [9.17, 15) is 4.79 Å². The Kier molecular flexibility index (Phi) is 6.07. The molecule has 0 radical (unpaired) electrons. The maximum absolute atomic E-state index is 13.4. The summed E-state index contributed by atoms with van der Waals surface area (Å²) in [4.78, 5) is 26.6. The molecule has 33 heavy (non-hydrogen) atoms. The topological polar surface area (TPSA) is 77.0 Å². The highest BCUT2D eigenvalue weighted by atomic mass is 32.1. The Morgan fingerprint density at radius 2 is 2.00 bits per heavy atom. The molecule has 0 aliphatic carbocycles. The molecule has 9 heteroatoms. The van der Waals surface area contributed by atoms with Gasteiger partial charge in [-0.15, -0.1) is 11.3 Å². The molecule has 1 saturated heterocycles. The van der Waals surface area contributed by atoms with Gasteiger partial charge < -0.3 is 24.0 Å². The first kappa shape index (κ1) is 21.9. The molecule has 0 N–H and O–H groups in total. The lowest BCUT2D eigenvalue weighted by atomic mass is 10.1. The molecule has 2 aliphatic heterocycles. The first-order chi connectivity index (χ1) is 16.0. The van der Waals surface area contributed by atoms with Gasteiger partial charge in [0.1, 0.15) is 5.82 Å². The largest absolute Gasteiger partial charge is 0.454 e. The van der Waals surface area contributed by atoms with Gasteiger partial charge >= 0.3 is 0 Å². The lowest BCUT2D eigenvalue weighted by Crippen LogP contribution is -2.38. The van der Waals surface area contributed by atoms with Crippen LogP contribution in [0.2, 0.25) is 0 Å². The number of amides is 1. The van der Waals surface area contributed by atoms with Crippen LogP contribution in [0.1, 0.15) is 29.1 Å². The van der Waals surface area contributed by atoms with Gasteiger partial charge in [-0.3, -0.25) is 4.79 Å². The van der Waals surface area contributed by atoms with Gasteiger partial charge in [-0.2, -0.15) is 0 Å². The quantitative estimate of drug-likeness (QED) is 0.525. The smallest absolute Gasteiger partial charge is 0.231 e. The number of hydrogen-bond acceptors (Lipinski definition) is 8. The minimum Gasteiger partial charge on any atom is -0.454 e. The molecule has 1 fully saturated rings. The lowest BCUT2D eigenvalue weighted by Gasteiger charge is -2.27. The summed E-state index contributed by atoms with van der Waals surface area (Å²) in [5, 5.41) is 3.89. The van der Waals surface area contributed by atoms with Crippen molar-refractivity contribution < 1.29 is 19.0 Å². The standard InChI is InChI=1S/C24H28N4O4S/c1-15-25-18(13-33-15)9-23(29)28(12-19-5-4-6-30-19)11-17-7-16-8-21-22(32-14-31-21)10-20(16)26-24(17)27(2)3/h7-8,10,13,19H,4-6,9,11-12,14H2,1-3H3. The Morgan fingerprint density at radius 1 is 1.18 bits per heavy atom. The van der Waals surface area contributed by atoms with Gasteiger partial charge in [0, 0.05) is 56.2 Å². The third-order valence-electron chi connectivity index (χ3n) is 5.95. The predicted octanol–water partition coefficient (Wildman–Crippen LogP) is 3.54. The van der Waals surface area contributed by atoms with E-state index >= 15 is 0 Å². The molecule has 2 aromatic heterocycles. The molecule has 8 nitrogen and oxygen atoms in total. The van der Waals surface area contributed by atoms with Crippen molar-refractivity contribution in [1.29, 1.82) is 0 Å². The SMILES string of the molecule is Cc1nc(CC(=O)N(Cc2cc3cc4c(cc3nc2N(C)C)OCO4)CC2CCCO2)cs1. The molecule has 1 unspecified atom stereocenters. The molecule has 4 heterocycles. The molecule has 1 atom stereocenters. The normalized spacial score (nSPS) is 17.0. The van der Waals surface area contributed by atoms with Crippen LogP contribution in [-0.2, 0) is 22.5 Å². The van der Waals surface area contributed by atoms with Crippen molar-refractivity contribution in [2.45, 2.75) is 38.8 Å². The zero-order chi connectivity index (χ0) is 22.9.